The number of methoxy groups -OCH3 is 3. The molecule has 1 unspecified atom stereocenters. The second kappa shape index (κ2) is 9.59. The Morgan fingerprint density at radius 2 is 1.79 bits per heavy atom. The van der Waals surface area contributed by atoms with Crippen molar-refractivity contribution in [1.82, 2.24) is 10.6 Å². The van der Waals surface area contributed by atoms with Crippen LogP contribution in [0.25, 0.3) is 0 Å². The maximum atomic E-state index is 12.2. The van der Waals surface area contributed by atoms with Gasteiger partial charge in [-0.2, -0.15) is 0 Å². The number of amides is 1. The van der Waals surface area contributed by atoms with Crippen molar-refractivity contribution in [3.63, 3.8) is 0 Å². The standard InChI is InChI=1S/C17H26N2O4.ClH/c1-11(12-9-18-10-12)17(20)19-6-5-14-15(22-3)7-13(21-2)8-16(14)23-4;/h7-8,11-12,18H,5-6,9-10H2,1-4H3,(H,19,20);1H. The van der Waals surface area contributed by atoms with Crippen LogP contribution >= 0.6 is 12.4 Å². The van der Waals surface area contributed by atoms with Gasteiger partial charge in [0.15, 0.2) is 0 Å². The van der Waals surface area contributed by atoms with Gasteiger partial charge >= 0.3 is 0 Å². The Labute approximate surface area is 149 Å². The first-order chi connectivity index (χ1) is 11.1. The lowest BCUT2D eigenvalue weighted by atomic mass is 9.88. The predicted octanol–water partition coefficient (Wildman–Crippen LogP) is 1.65. The summed E-state index contributed by atoms with van der Waals surface area (Å²) in [6.45, 7) is 4.38. The SMILES string of the molecule is COc1cc(OC)c(CCNC(=O)C(C)C2CNC2)c(OC)c1.Cl. The van der Waals surface area contributed by atoms with E-state index in [1.807, 2.05) is 19.1 Å². The number of carbonyl (C=O) groups is 1. The van der Waals surface area contributed by atoms with Gasteiger partial charge in [0, 0.05) is 30.2 Å². The molecule has 1 aliphatic rings. The summed E-state index contributed by atoms with van der Waals surface area (Å²) in [6, 6.07) is 3.64. The van der Waals surface area contributed by atoms with Crippen LogP contribution in [0, 0.1) is 11.8 Å². The van der Waals surface area contributed by atoms with Gasteiger partial charge in [-0.15, -0.1) is 12.4 Å². The summed E-state index contributed by atoms with van der Waals surface area (Å²) in [5.74, 6) is 2.66. The molecule has 24 heavy (non-hydrogen) atoms. The number of nitrogens with one attached hydrogen (secondary N) is 2. The maximum absolute atomic E-state index is 12.2. The summed E-state index contributed by atoms with van der Waals surface area (Å²) in [5, 5.41) is 6.20. The van der Waals surface area contributed by atoms with Gasteiger partial charge in [-0.05, 0) is 25.4 Å². The Bertz CT molecular complexity index is 524. The van der Waals surface area contributed by atoms with E-state index in [9.17, 15) is 4.79 Å². The molecule has 1 aromatic carbocycles. The van der Waals surface area contributed by atoms with Crippen molar-refractivity contribution >= 4 is 18.3 Å². The van der Waals surface area contributed by atoms with E-state index in [2.05, 4.69) is 10.6 Å². The summed E-state index contributed by atoms with van der Waals surface area (Å²) < 4.78 is 16.1. The van der Waals surface area contributed by atoms with Gasteiger partial charge in [-0.25, -0.2) is 0 Å². The van der Waals surface area contributed by atoms with E-state index in [1.165, 1.54) is 0 Å². The molecule has 1 fully saturated rings. The largest absolute Gasteiger partial charge is 0.496 e. The molecule has 0 aliphatic carbocycles. The van der Waals surface area contributed by atoms with E-state index in [4.69, 9.17) is 14.2 Å². The third-order valence-electron chi connectivity index (χ3n) is 4.43. The van der Waals surface area contributed by atoms with Gasteiger partial charge < -0.3 is 24.8 Å². The van der Waals surface area contributed by atoms with Crippen LogP contribution in [-0.2, 0) is 11.2 Å². The highest BCUT2D eigenvalue weighted by Gasteiger charge is 2.28. The molecule has 2 N–H and O–H groups in total. The highest BCUT2D eigenvalue weighted by atomic mass is 35.5. The molecule has 136 valence electrons. The molecule has 1 aromatic rings. The molecule has 6 nitrogen and oxygen atoms in total. The zero-order chi connectivity index (χ0) is 16.8. The van der Waals surface area contributed by atoms with Gasteiger partial charge in [0.2, 0.25) is 5.91 Å². The van der Waals surface area contributed by atoms with Crippen LogP contribution < -0.4 is 24.8 Å². The van der Waals surface area contributed by atoms with Crippen molar-refractivity contribution in [2.45, 2.75) is 13.3 Å². The van der Waals surface area contributed by atoms with Crippen LogP contribution in [0.4, 0.5) is 0 Å². The molecule has 0 aromatic heterocycles. The predicted molar refractivity (Wildman–Crippen MR) is 95.6 cm³/mol. The minimum absolute atomic E-state index is 0. The number of rotatable bonds is 8. The van der Waals surface area contributed by atoms with Crippen molar-refractivity contribution in [3.05, 3.63) is 17.7 Å². The molecule has 0 radical (unpaired) electrons. The first-order valence-corrected chi connectivity index (χ1v) is 7.88. The first-order valence-electron chi connectivity index (χ1n) is 7.88. The molecule has 0 saturated carbocycles. The van der Waals surface area contributed by atoms with Gasteiger partial charge in [0.05, 0.1) is 21.3 Å². The molecule has 1 amide bonds. The van der Waals surface area contributed by atoms with E-state index in [-0.39, 0.29) is 24.2 Å². The van der Waals surface area contributed by atoms with Crippen LogP contribution in [0.3, 0.4) is 0 Å². The molecule has 1 heterocycles. The van der Waals surface area contributed by atoms with E-state index >= 15 is 0 Å². The van der Waals surface area contributed by atoms with E-state index in [0.29, 0.717) is 36.1 Å². The summed E-state index contributed by atoms with van der Waals surface area (Å²) >= 11 is 0. The fourth-order valence-electron chi connectivity index (χ4n) is 2.67. The second-order valence-electron chi connectivity index (χ2n) is 5.76. The highest BCUT2D eigenvalue weighted by molar-refractivity contribution is 5.85. The summed E-state index contributed by atoms with van der Waals surface area (Å²) in [5.41, 5.74) is 0.925. The minimum atomic E-state index is 0. The van der Waals surface area contributed by atoms with Crippen molar-refractivity contribution in [2.24, 2.45) is 11.8 Å². The lowest BCUT2D eigenvalue weighted by Gasteiger charge is -2.31. The quantitative estimate of drug-likeness (QED) is 0.739. The zero-order valence-corrected chi connectivity index (χ0v) is 15.5. The lowest BCUT2D eigenvalue weighted by molar-refractivity contribution is -0.126. The van der Waals surface area contributed by atoms with Crippen molar-refractivity contribution in [1.29, 1.82) is 0 Å². The Kier molecular flexibility index (Phi) is 8.15. The second-order valence-corrected chi connectivity index (χ2v) is 5.76. The topological polar surface area (TPSA) is 68.8 Å². The number of ether oxygens (including phenoxy) is 3. The number of hydrogen-bond acceptors (Lipinski definition) is 5. The van der Waals surface area contributed by atoms with Crippen LogP contribution in [0.2, 0.25) is 0 Å². The Morgan fingerprint density at radius 3 is 2.21 bits per heavy atom. The van der Waals surface area contributed by atoms with Gasteiger partial charge in [-0.3, -0.25) is 4.79 Å². The number of benzene rings is 1. The summed E-state index contributed by atoms with van der Waals surface area (Å²) in [7, 11) is 4.83. The summed E-state index contributed by atoms with van der Waals surface area (Å²) in [6.07, 6.45) is 0.637. The third kappa shape index (κ3) is 4.68. The van der Waals surface area contributed by atoms with Crippen molar-refractivity contribution in [2.75, 3.05) is 41.0 Å². The van der Waals surface area contributed by atoms with Gasteiger partial charge in [-0.1, -0.05) is 6.92 Å². The fourth-order valence-corrected chi connectivity index (χ4v) is 2.67. The van der Waals surface area contributed by atoms with Crippen molar-refractivity contribution < 1.29 is 19.0 Å². The molecule has 1 aliphatic heterocycles. The van der Waals surface area contributed by atoms with Gasteiger partial charge in [0.1, 0.15) is 17.2 Å². The van der Waals surface area contributed by atoms with E-state index < -0.39 is 0 Å². The molecular weight excluding hydrogens is 332 g/mol. The smallest absolute Gasteiger partial charge is 0.223 e. The summed E-state index contributed by atoms with van der Waals surface area (Å²) in [4.78, 5) is 12.2. The maximum Gasteiger partial charge on any atom is 0.223 e. The highest BCUT2D eigenvalue weighted by Crippen LogP contribution is 2.34. The third-order valence-corrected chi connectivity index (χ3v) is 4.43. The molecule has 7 heteroatoms. The minimum Gasteiger partial charge on any atom is -0.496 e. The Hall–Kier alpha value is -1.66. The first kappa shape index (κ1) is 20.4. The molecule has 2 rings (SSSR count). The molecule has 0 bridgehead atoms. The normalized spacial score (nSPS) is 14.8. The molecule has 1 atom stereocenters. The Balaban J connectivity index is 0.00000288. The van der Waals surface area contributed by atoms with E-state index in [1.54, 1.807) is 21.3 Å². The van der Waals surface area contributed by atoms with Crippen LogP contribution in [0.1, 0.15) is 12.5 Å². The average Bonchev–Trinajstić information content (AvgIpc) is 2.52. The molecular formula is C17H27ClN2O4. The monoisotopic (exact) mass is 358 g/mol. The number of halogens is 1. The molecule has 1 saturated heterocycles. The van der Waals surface area contributed by atoms with Crippen LogP contribution in [-0.4, -0.2) is 46.9 Å². The molecule has 0 spiro atoms. The number of carbonyl (C=O) groups excluding carboxylic acids is 1. The van der Waals surface area contributed by atoms with Crippen LogP contribution in [0.15, 0.2) is 12.1 Å². The fraction of sp³-hybridized carbons (Fsp3) is 0.588. The van der Waals surface area contributed by atoms with Gasteiger partial charge in [0.25, 0.3) is 0 Å². The zero-order valence-electron chi connectivity index (χ0n) is 14.7. The average molecular weight is 359 g/mol. The van der Waals surface area contributed by atoms with E-state index in [0.717, 1.165) is 18.7 Å². The number of hydrogen-bond donors (Lipinski definition) is 2. The van der Waals surface area contributed by atoms with Crippen molar-refractivity contribution in [3.8, 4) is 17.2 Å². The van der Waals surface area contributed by atoms with Crippen LogP contribution in [0.5, 0.6) is 17.2 Å². The lowest BCUT2D eigenvalue weighted by Crippen LogP contribution is -2.49. The Morgan fingerprint density at radius 1 is 1.21 bits per heavy atom.